The second kappa shape index (κ2) is 7.18. The van der Waals surface area contributed by atoms with Crippen molar-refractivity contribution in [1.82, 2.24) is 14.7 Å². The van der Waals surface area contributed by atoms with Crippen LogP contribution in [0.1, 0.15) is 20.7 Å². The number of rotatable bonds is 6. The Morgan fingerprint density at radius 3 is 2.71 bits per heavy atom. The van der Waals surface area contributed by atoms with E-state index in [1.54, 1.807) is 30.1 Å². The quantitative estimate of drug-likeness (QED) is 0.532. The lowest BCUT2D eigenvalue weighted by molar-refractivity contribution is 0.0691. The van der Waals surface area contributed by atoms with Crippen molar-refractivity contribution in [1.29, 1.82) is 0 Å². The highest BCUT2D eigenvalue weighted by atomic mass is 32.2. The fraction of sp³-hybridized carbons (Fsp3) is 0.118. The number of fused-ring (bicyclic) bond motifs is 1. The van der Waals surface area contributed by atoms with Crippen molar-refractivity contribution in [3.8, 4) is 0 Å². The number of nitrogens with zero attached hydrogens (tertiary/aromatic N) is 2. The number of imidazole rings is 1. The van der Waals surface area contributed by atoms with Gasteiger partial charge in [-0.15, -0.1) is 11.8 Å². The van der Waals surface area contributed by atoms with Gasteiger partial charge in [-0.25, -0.2) is 9.78 Å². The zero-order valence-electron chi connectivity index (χ0n) is 12.7. The van der Waals surface area contributed by atoms with Crippen molar-refractivity contribution in [2.45, 2.75) is 5.03 Å². The highest BCUT2D eigenvalue weighted by Gasteiger charge is 2.15. The lowest BCUT2D eigenvalue weighted by Gasteiger charge is -2.08. The zero-order chi connectivity index (χ0) is 16.9. The minimum Gasteiger partial charge on any atom is -0.478 e. The van der Waals surface area contributed by atoms with E-state index in [2.05, 4.69) is 10.3 Å². The maximum Gasteiger partial charge on any atom is 0.336 e. The number of carboxylic acids is 1. The first-order chi connectivity index (χ1) is 11.7. The number of hydrogen-bond donors (Lipinski definition) is 2. The number of nitrogens with one attached hydrogen (secondary N) is 1. The van der Waals surface area contributed by atoms with E-state index >= 15 is 0 Å². The highest BCUT2D eigenvalue weighted by Crippen LogP contribution is 2.18. The third kappa shape index (κ3) is 3.41. The Labute approximate surface area is 142 Å². The molecule has 0 aliphatic carbocycles. The Morgan fingerprint density at radius 1 is 1.12 bits per heavy atom. The van der Waals surface area contributed by atoms with Gasteiger partial charge in [0.1, 0.15) is 5.65 Å². The van der Waals surface area contributed by atoms with Gasteiger partial charge in [-0.3, -0.25) is 9.20 Å². The number of pyridine rings is 1. The number of carbonyl (C=O) groups excluding carboxylic acids is 1. The minimum absolute atomic E-state index is 0.00540. The normalized spacial score (nSPS) is 10.7. The Balaban J connectivity index is 1.58. The summed E-state index contributed by atoms with van der Waals surface area (Å²) in [7, 11) is 0. The number of benzene rings is 1. The van der Waals surface area contributed by atoms with E-state index in [1.807, 2.05) is 28.8 Å². The molecule has 1 amide bonds. The molecule has 1 aromatic carbocycles. The largest absolute Gasteiger partial charge is 0.478 e. The summed E-state index contributed by atoms with van der Waals surface area (Å²) in [5.74, 6) is -0.825. The second-order valence-corrected chi connectivity index (χ2v) is 6.09. The van der Waals surface area contributed by atoms with E-state index < -0.39 is 5.97 Å². The smallest absolute Gasteiger partial charge is 0.336 e. The summed E-state index contributed by atoms with van der Waals surface area (Å²) in [6.07, 6.45) is 3.63. The van der Waals surface area contributed by atoms with Crippen LogP contribution in [0.25, 0.3) is 5.65 Å². The molecule has 2 heterocycles. The monoisotopic (exact) mass is 341 g/mol. The Morgan fingerprint density at radius 2 is 1.92 bits per heavy atom. The predicted molar refractivity (Wildman–Crippen MR) is 91.7 cm³/mol. The molecule has 0 spiro atoms. The van der Waals surface area contributed by atoms with Gasteiger partial charge in [0.25, 0.3) is 5.91 Å². The van der Waals surface area contributed by atoms with Crippen molar-refractivity contribution >= 4 is 29.3 Å². The van der Waals surface area contributed by atoms with Gasteiger partial charge >= 0.3 is 5.97 Å². The molecule has 24 heavy (non-hydrogen) atoms. The van der Waals surface area contributed by atoms with Gasteiger partial charge in [0.05, 0.1) is 16.2 Å². The lowest BCUT2D eigenvalue weighted by atomic mass is 10.1. The lowest BCUT2D eigenvalue weighted by Crippen LogP contribution is -2.27. The molecular formula is C17H15N3O3S. The molecule has 0 aliphatic heterocycles. The highest BCUT2D eigenvalue weighted by molar-refractivity contribution is 7.99. The maximum absolute atomic E-state index is 12.2. The minimum atomic E-state index is -1.11. The number of aromatic carboxylic acids is 1. The van der Waals surface area contributed by atoms with Crippen LogP contribution in [-0.2, 0) is 0 Å². The molecular weight excluding hydrogens is 326 g/mol. The average Bonchev–Trinajstić information content (AvgIpc) is 3.08. The van der Waals surface area contributed by atoms with E-state index in [0.29, 0.717) is 12.3 Å². The van der Waals surface area contributed by atoms with Gasteiger partial charge in [-0.2, -0.15) is 0 Å². The number of carbonyl (C=O) groups is 2. The zero-order valence-corrected chi connectivity index (χ0v) is 13.5. The molecule has 7 heteroatoms. The molecule has 6 nitrogen and oxygen atoms in total. The molecule has 0 aliphatic rings. The maximum atomic E-state index is 12.2. The van der Waals surface area contributed by atoms with E-state index in [0.717, 1.165) is 10.7 Å². The average molecular weight is 341 g/mol. The summed E-state index contributed by atoms with van der Waals surface area (Å²) in [6.45, 7) is 0.433. The fourth-order valence-corrected chi connectivity index (χ4v) is 3.20. The number of aromatic nitrogens is 2. The molecule has 3 aromatic rings. The Kier molecular flexibility index (Phi) is 4.81. The van der Waals surface area contributed by atoms with Gasteiger partial charge in [0, 0.05) is 24.7 Å². The third-order valence-electron chi connectivity index (χ3n) is 3.43. The van der Waals surface area contributed by atoms with Crippen LogP contribution in [0.15, 0.2) is 59.9 Å². The number of carboxylic acid groups (broad SMARTS) is 1. The Hall–Kier alpha value is -2.80. The second-order valence-electron chi connectivity index (χ2n) is 4.97. The van der Waals surface area contributed by atoms with Gasteiger partial charge in [0.2, 0.25) is 0 Å². The summed E-state index contributed by atoms with van der Waals surface area (Å²) < 4.78 is 1.98. The van der Waals surface area contributed by atoms with Crippen molar-refractivity contribution in [3.63, 3.8) is 0 Å². The molecule has 0 fully saturated rings. The molecule has 3 rings (SSSR count). The number of amides is 1. The molecule has 2 aromatic heterocycles. The summed E-state index contributed by atoms with van der Waals surface area (Å²) in [6, 6.07) is 12.0. The molecule has 0 bridgehead atoms. The van der Waals surface area contributed by atoms with Crippen molar-refractivity contribution < 1.29 is 14.7 Å². The van der Waals surface area contributed by atoms with Crippen molar-refractivity contribution in [2.75, 3.05) is 12.3 Å². The van der Waals surface area contributed by atoms with Crippen molar-refractivity contribution in [2.24, 2.45) is 0 Å². The number of hydrogen-bond acceptors (Lipinski definition) is 4. The molecule has 122 valence electrons. The van der Waals surface area contributed by atoms with Crippen molar-refractivity contribution in [3.05, 3.63) is 66.0 Å². The van der Waals surface area contributed by atoms with Crippen LogP contribution in [0.2, 0.25) is 0 Å². The molecule has 0 unspecified atom stereocenters. The first kappa shape index (κ1) is 16.1. The Bertz CT molecular complexity index is 891. The molecule has 0 radical (unpaired) electrons. The van der Waals surface area contributed by atoms with E-state index in [1.165, 1.54) is 12.1 Å². The first-order valence-electron chi connectivity index (χ1n) is 7.32. The van der Waals surface area contributed by atoms with E-state index in [9.17, 15) is 9.59 Å². The first-order valence-corrected chi connectivity index (χ1v) is 8.31. The summed E-state index contributed by atoms with van der Waals surface area (Å²) in [5.41, 5.74) is 1.05. The fourth-order valence-electron chi connectivity index (χ4n) is 2.32. The SMILES string of the molecule is O=C(O)c1ccccc1C(=O)NCCSc1cccc2nccn12. The standard InChI is InChI=1S/C17H15N3O3S/c21-16(12-4-1-2-5-13(12)17(22)23)19-9-11-24-15-7-3-6-14-18-8-10-20(14)15/h1-8,10H,9,11H2,(H,19,21)(H,22,23). The van der Waals surface area contributed by atoms with Crippen LogP contribution < -0.4 is 5.32 Å². The van der Waals surface area contributed by atoms with Crippen LogP contribution in [0.5, 0.6) is 0 Å². The third-order valence-corrected chi connectivity index (χ3v) is 4.47. The summed E-state index contributed by atoms with van der Waals surface area (Å²) in [4.78, 5) is 27.5. The molecule has 0 saturated carbocycles. The summed E-state index contributed by atoms with van der Waals surface area (Å²) >= 11 is 1.59. The summed E-state index contributed by atoms with van der Waals surface area (Å²) in [5, 5.41) is 12.9. The van der Waals surface area contributed by atoms with Crippen LogP contribution in [0, 0.1) is 0 Å². The van der Waals surface area contributed by atoms with E-state index in [4.69, 9.17) is 5.11 Å². The molecule has 0 atom stereocenters. The van der Waals surface area contributed by atoms with Crippen LogP contribution in [0.3, 0.4) is 0 Å². The van der Waals surface area contributed by atoms with Gasteiger partial charge < -0.3 is 10.4 Å². The van der Waals surface area contributed by atoms with Gasteiger partial charge in [0.15, 0.2) is 0 Å². The van der Waals surface area contributed by atoms with Crippen LogP contribution in [0.4, 0.5) is 0 Å². The van der Waals surface area contributed by atoms with E-state index in [-0.39, 0.29) is 17.0 Å². The topological polar surface area (TPSA) is 83.7 Å². The van der Waals surface area contributed by atoms with Crippen LogP contribution in [-0.4, -0.2) is 38.7 Å². The van der Waals surface area contributed by atoms with Gasteiger partial charge in [-0.1, -0.05) is 18.2 Å². The number of thioether (sulfide) groups is 1. The molecule has 0 saturated heterocycles. The molecule has 2 N–H and O–H groups in total. The van der Waals surface area contributed by atoms with Gasteiger partial charge in [-0.05, 0) is 24.3 Å². The predicted octanol–water partition coefficient (Wildman–Crippen LogP) is 2.55. The van der Waals surface area contributed by atoms with Crippen LogP contribution >= 0.6 is 11.8 Å².